The highest BCUT2D eigenvalue weighted by Crippen LogP contribution is 2.25. The lowest BCUT2D eigenvalue weighted by atomic mass is 10.1. The van der Waals surface area contributed by atoms with Gasteiger partial charge in [0.05, 0.1) is 0 Å². The molecule has 3 heteroatoms. The van der Waals surface area contributed by atoms with Crippen molar-refractivity contribution in [1.82, 2.24) is 0 Å². The second-order valence-corrected chi connectivity index (χ2v) is 5.56. The lowest BCUT2D eigenvalue weighted by Crippen LogP contribution is -2.15. The summed E-state index contributed by atoms with van der Waals surface area (Å²) in [6.07, 6.45) is 1.18. The highest BCUT2D eigenvalue weighted by atomic mass is 35.5. The number of hydrogen-bond donors (Lipinski definition) is 1. The lowest BCUT2D eigenvalue weighted by molar-refractivity contribution is 0.821. The Bertz CT molecular complexity index is 303. The van der Waals surface area contributed by atoms with Crippen molar-refractivity contribution in [3.63, 3.8) is 0 Å². The zero-order valence-electron chi connectivity index (χ0n) is 9.24. The van der Waals surface area contributed by atoms with Gasteiger partial charge in [-0.1, -0.05) is 43.6 Å². The van der Waals surface area contributed by atoms with E-state index in [1.807, 2.05) is 36.0 Å². The van der Waals surface area contributed by atoms with Gasteiger partial charge in [0, 0.05) is 22.1 Å². The van der Waals surface area contributed by atoms with Crippen LogP contribution in [0.15, 0.2) is 24.3 Å². The second-order valence-electron chi connectivity index (χ2n) is 3.68. The fourth-order valence-corrected chi connectivity index (χ4v) is 2.48. The first-order valence-corrected chi connectivity index (χ1v) is 6.69. The summed E-state index contributed by atoms with van der Waals surface area (Å²) in [6, 6.07) is 7.85. The maximum absolute atomic E-state index is 6.09. The fourth-order valence-electron chi connectivity index (χ4n) is 1.25. The van der Waals surface area contributed by atoms with Crippen LogP contribution in [0.5, 0.6) is 0 Å². The number of halogens is 1. The van der Waals surface area contributed by atoms with Crippen molar-refractivity contribution in [3.8, 4) is 0 Å². The van der Waals surface area contributed by atoms with Gasteiger partial charge in [0.25, 0.3) is 0 Å². The SMILES string of the molecule is CCC(C)SCC(N)c1ccccc1Cl. The van der Waals surface area contributed by atoms with E-state index in [0.717, 1.165) is 16.3 Å². The summed E-state index contributed by atoms with van der Waals surface area (Å²) in [5.41, 5.74) is 7.14. The van der Waals surface area contributed by atoms with Crippen LogP contribution in [0.3, 0.4) is 0 Å². The molecule has 1 aromatic carbocycles. The Hall–Kier alpha value is -0.180. The Morgan fingerprint density at radius 3 is 2.67 bits per heavy atom. The Morgan fingerprint density at radius 2 is 2.07 bits per heavy atom. The molecule has 1 nitrogen and oxygen atoms in total. The van der Waals surface area contributed by atoms with Crippen LogP contribution >= 0.6 is 23.4 Å². The summed E-state index contributed by atoms with van der Waals surface area (Å²) < 4.78 is 0. The molecule has 0 saturated heterocycles. The van der Waals surface area contributed by atoms with E-state index in [4.69, 9.17) is 17.3 Å². The highest BCUT2D eigenvalue weighted by Gasteiger charge is 2.10. The van der Waals surface area contributed by atoms with Crippen LogP contribution in [0.25, 0.3) is 0 Å². The molecule has 0 aliphatic carbocycles. The normalized spacial score (nSPS) is 14.9. The molecule has 2 atom stereocenters. The summed E-state index contributed by atoms with van der Waals surface area (Å²) in [7, 11) is 0. The van der Waals surface area contributed by atoms with Crippen LogP contribution in [0, 0.1) is 0 Å². The van der Waals surface area contributed by atoms with E-state index < -0.39 is 0 Å². The maximum Gasteiger partial charge on any atom is 0.0454 e. The van der Waals surface area contributed by atoms with E-state index in [0.29, 0.717) is 5.25 Å². The highest BCUT2D eigenvalue weighted by molar-refractivity contribution is 7.99. The summed E-state index contributed by atoms with van der Waals surface area (Å²) in [5.74, 6) is 0.929. The first-order valence-electron chi connectivity index (χ1n) is 5.26. The van der Waals surface area contributed by atoms with Gasteiger partial charge in [-0.25, -0.2) is 0 Å². The van der Waals surface area contributed by atoms with Gasteiger partial charge >= 0.3 is 0 Å². The third kappa shape index (κ3) is 4.06. The molecule has 0 aromatic heterocycles. The van der Waals surface area contributed by atoms with Crippen LogP contribution in [0.2, 0.25) is 5.02 Å². The molecule has 0 bridgehead atoms. The summed E-state index contributed by atoms with van der Waals surface area (Å²) in [5, 5.41) is 1.44. The number of nitrogens with two attached hydrogens (primary N) is 1. The molecular formula is C12H18ClNS. The van der Waals surface area contributed by atoms with Gasteiger partial charge in [-0.15, -0.1) is 0 Å². The molecular weight excluding hydrogens is 226 g/mol. The van der Waals surface area contributed by atoms with Gasteiger partial charge in [0.1, 0.15) is 0 Å². The van der Waals surface area contributed by atoms with E-state index in [9.17, 15) is 0 Å². The van der Waals surface area contributed by atoms with E-state index >= 15 is 0 Å². The molecule has 0 amide bonds. The van der Waals surface area contributed by atoms with Gasteiger partial charge in [0.2, 0.25) is 0 Å². The standard InChI is InChI=1S/C12H18ClNS/c1-3-9(2)15-8-12(14)10-6-4-5-7-11(10)13/h4-7,9,12H,3,8,14H2,1-2H3. The summed E-state index contributed by atoms with van der Waals surface area (Å²) >= 11 is 7.98. The molecule has 0 aliphatic rings. The molecule has 0 fully saturated rings. The number of benzene rings is 1. The topological polar surface area (TPSA) is 26.0 Å². The Labute approximate surface area is 101 Å². The van der Waals surface area contributed by atoms with Crippen molar-refractivity contribution in [2.45, 2.75) is 31.6 Å². The van der Waals surface area contributed by atoms with Gasteiger partial charge in [-0.05, 0) is 18.1 Å². The number of hydrogen-bond acceptors (Lipinski definition) is 2. The molecule has 15 heavy (non-hydrogen) atoms. The van der Waals surface area contributed by atoms with E-state index in [1.54, 1.807) is 0 Å². The molecule has 0 saturated carbocycles. The first kappa shape index (κ1) is 12.9. The number of thioether (sulfide) groups is 1. The van der Waals surface area contributed by atoms with E-state index in [1.165, 1.54) is 6.42 Å². The van der Waals surface area contributed by atoms with Crippen LogP contribution in [0.4, 0.5) is 0 Å². The quantitative estimate of drug-likeness (QED) is 0.850. The minimum atomic E-state index is 0.0395. The van der Waals surface area contributed by atoms with E-state index in [2.05, 4.69) is 13.8 Å². The van der Waals surface area contributed by atoms with Crippen molar-refractivity contribution in [3.05, 3.63) is 34.9 Å². The predicted molar refractivity (Wildman–Crippen MR) is 70.6 cm³/mol. The van der Waals surface area contributed by atoms with Gasteiger partial charge in [0.15, 0.2) is 0 Å². The zero-order valence-corrected chi connectivity index (χ0v) is 10.8. The third-order valence-electron chi connectivity index (χ3n) is 2.44. The van der Waals surface area contributed by atoms with Gasteiger partial charge in [-0.3, -0.25) is 0 Å². The minimum absolute atomic E-state index is 0.0395. The fraction of sp³-hybridized carbons (Fsp3) is 0.500. The monoisotopic (exact) mass is 243 g/mol. The lowest BCUT2D eigenvalue weighted by Gasteiger charge is -2.15. The molecule has 2 N–H and O–H groups in total. The van der Waals surface area contributed by atoms with Crippen LogP contribution in [-0.2, 0) is 0 Å². The van der Waals surface area contributed by atoms with Crippen LogP contribution in [-0.4, -0.2) is 11.0 Å². The smallest absolute Gasteiger partial charge is 0.0454 e. The third-order valence-corrected chi connectivity index (χ3v) is 4.24. The zero-order chi connectivity index (χ0) is 11.3. The molecule has 0 heterocycles. The van der Waals surface area contributed by atoms with Crippen LogP contribution in [0.1, 0.15) is 31.9 Å². The van der Waals surface area contributed by atoms with Crippen molar-refractivity contribution in [2.24, 2.45) is 5.73 Å². The summed E-state index contributed by atoms with van der Waals surface area (Å²) in [6.45, 7) is 4.42. The number of rotatable bonds is 5. The molecule has 0 aliphatic heterocycles. The minimum Gasteiger partial charge on any atom is -0.323 e. The Kier molecular flexibility index (Phi) is 5.51. The second kappa shape index (κ2) is 6.41. The molecule has 0 spiro atoms. The summed E-state index contributed by atoms with van der Waals surface area (Å²) in [4.78, 5) is 0. The molecule has 0 radical (unpaired) electrons. The predicted octanol–water partition coefficient (Wildman–Crippen LogP) is 3.87. The molecule has 2 unspecified atom stereocenters. The molecule has 1 rings (SSSR count). The largest absolute Gasteiger partial charge is 0.323 e. The van der Waals surface area contributed by atoms with Crippen molar-refractivity contribution >= 4 is 23.4 Å². The van der Waals surface area contributed by atoms with Gasteiger partial charge < -0.3 is 5.73 Å². The van der Waals surface area contributed by atoms with Gasteiger partial charge in [-0.2, -0.15) is 11.8 Å². The first-order chi connectivity index (χ1) is 7.15. The average Bonchev–Trinajstić information content (AvgIpc) is 2.26. The average molecular weight is 244 g/mol. The molecule has 1 aromatic rings. The van der Waals surface area contributed by atoms with Crippen molar-refractivity contribution < 1.29 is 0 Å². The van der Waals surface area contributed by atoms with Crippen LogP contribution < -0.4 is 5.73 Å². The maximum atomic E-state index is 6.09. The Morgan fingerprint density at radius 1 is 1.40 bits per heavy atom. The van der Waals surface area contributed by atoms with Crippen molar-refractivity contribution in [2.75, 3.05) is 5.75 Å². The Balaban J connectivity index is 2.54. The van der Waals surface area contributed by atoms with E-state index in [-0.39, 0.29) is 6.04 Å². The van der Waals surface area contributed by atoms with Crippen molar-refractivity contribution in [1.29, 1.82) is 0 Å². The molecule has 84 valence electrons.